The van der Waals surface area contributed by atoms with Crippen LogP contribution in [0.5, 0.6) is 0 Å². The molecule has 0 amide bonds. The Morgan fingerprint density at radius 3 is 2.09 bits per heavy atom. The van der Waals surface area contributed by atoms with E-state index in [0.717, 1.165) is 5.69 Å². The van der Waals surface area contributed by atoms with E-state index in [1.54, 1.807) is 40.6 Å². The SMILES string of the molecule is COC[C@H]1O[C@@H](Nc2ccc(F)cc2)[C@H](OC)[C@@H](OC)[C@@H]1OC. The Kier molecular flexibility index (Phi) is 6.73. The third-order valence-electron chi connectivity index (χ3n) is 3.93. The number of anilines is 1. The number of benzene rings is 1. The molecule has 1 aliphatic rings. The summed E-state index contributed by atoms with van der Waals surface area (Å²) in [6.07, 6.45) is -1.86. The Balaban J connectivity index is 2.19. The molecule has 0 radical (unpaired) electrons. The third-order valence-corrected chi connectivity index (χ3v) is 3.93. The summed E-state index contributed by atoms with van der Waals surface area (Å²) in [5.74, 6) is -0.296. The number of nitrogens with one attached hydrogen (secondary N) is 1. The fourth-order valence-corrected chi connectivity index (χ4v) is 2.85. The number of hydrogen-bond acceptors (Lipinski definition) is 6. The van der Waals surface area contributed by atoms with Crippen molar-refractivity contribution in [1.29, 1.82) is 0 Å². The molecule has 0 saturated carbocycles. The molecule has 0 aromatic heterocycles. The molecule has 5 atom stereocenters. The summed E-state index contributed by atoms with van der Waals surface area (Å²) in [5.41, 5.74) is 0.723. The molecule has 0 spiro atoms. The molecule has 1 aromatic rings. The van der Waals surface area contributed by atoms with Gasteiger partial charge >= 0.3 is 0 Å². The smallest absolute Gasteiger partial charge is 0.157 e. The fourth-order valence-electron chi connectivity index (χ4n) is 2.85. The summed E-state index contributed by atoms with van der Waals surface area (Å²) in [5, 5.41) is 3.20. The maximum absolute atomic E-state index is 13.0. The standard InChI is InChI=1S/C16H24FNO5/c1-19-9-12-13(20-2)14(21-3)15(22-4)16(23-12)18-11-7-5-10(17)6-8-11/h5-8,12-16,18H,9H2,1-4H3/t12-,13-,14+,15-,16-/m1/s1. The van der Waals surface area contributed by atoms with Gasteiger partial charge in [0.15, 0.2) is 6.23 Å². The molecule has 23 heavy (non-hydrogen) atoms. The van der Waals surface area contributed by atoms with Crippen LogP contribution in [-0.4, -0.2) is 65.7 Å². The van der Waals surface area contributed by atoms with Crippen LogP contribution in [0, 0.1) is 5.82 Å². The highest BCUT2D eigenvalue weighted by Crippen LogP contribution is 2.28. The number of halogens is 1. The second-order valence-corrected chi connectivity index (χ2v) is 5.30. The molecule has 0 aliphatic carbocycles. The average molecular weight is 329 g/mol. The molecule has 0 bridgehead atoms. The fraction of sp³-hybridized carbons (Fsp3) is 0.625. The lowest BCUT2D eigenvalue weighted by molar-refractivity contribution is -0.243. The van der Waals surface area contributed by atoms with Crippen LogP contribution < -0.4 is 5.32 Å². The van der Waals surface area contributed by atoms with Crippen molar-refractivity contribution in [2.45, 2.75) is 30.6 Å². The molecular weight excluding hydrogens is 305 g/mol. The maximum atomic E-state index is 13.0. The van der Waals surface area contributed by atoms with Crippen molar-refractivity contribution in [2.24, 2.45) is 0 Å². The van der Waals surface area contributed by atoms with Gasteiger partial charge in [-0.05, 0) is 24.3 Å². The minimum absolute atomic E-state index is 0.296. The maximum Gasteiger partial charge on any atom is 0.157 e. The Morgan fingerprint density at radius 2 is 1.57 bits per heavy atom. The number of rotatable bonds is 7. The second-order valence-electron chi connectivity index (χ2n) is 5.30. The summed E-state index contributed by atoms with van der Waals surface area (Å²) in [6.45, 7) is 0.358. The molecular formula is C16H24FNO5. The zero-order valence-corrected chi connectivity index (χ0v) is 13.8. The number of hydrogen-bond donors (Lipinski definition) is 1. The zero-order chi connectivity index (χ0) is 16.8. The van der Waals surface area contributed by atoms with E-state index in [0.29, 0.717) is 6.61 Å². The van der Waals surface area contributed by atoms with Crippen LogP contribution in [-0.2, 0) is 23.7 Å². The lowest BCUT2D eigenvalue weighted by Crippen LogP contribution is -2.62. The van der Waals surface area contributed by atoms with Crippen molar-refractivity contribution in [2.75, 3.05) is 40.4 Å². The first-order valence-corrected chi connectivity index (χ1v) is 7.39. The molecule has 6 nitrogen and oxygen atoms in total. The topological polar surface area (TPSA) is 58.2 Å². The van der Waals surface area contributed by atoms with Gasteiger partial charge in [0.1, 0.15) is 30.2 Å². The van der Waals surface area contributed by atoms with Crippen molar-refractivity contribution >= 4 is 5.69 Å². The van der Waals surface area contributed by atoms with Gasteiger partial charge in [0.2, 0.25) is 0 Å². The Morgan fingerprint density at radius 1 is 0.957 bits per heavy atom. The van der Waals surface area contributed by atoms with Gasteiger partial charge in [0.25, 0.3) is 0 Å². The van der Waals surface area contributed by atoms with Gasteiger partial charge in [0.05, 0.1) is 6.61 Å². The highest BCUT2D eigenvalue weighted by Gasteiger charge is 2.47. The van der Waals surface area contributed by atoms with Gasteiger partial charge in [-0.25, -0.2) is 4.39 Å². The van der Waals surface area contributed by atoms with Gasteiger partial charge in [-0.1, -0.05) is 0 Å². The van der Waals surface area contributed by atoms with Crippen LogP contribution in [0.1, 0.15) is 0 Å². The third kappa shape index (κ3) is 4.19. The van der Waals surface area contributed by atoms with E-state index in [1.807, 2.05) is 0 Å². The summed E-state index contributed by atoms with van der Waals surface area (Å²) < 4.78 is 40.9. The summed E-state index contributed by atoms with van der Waals surface area (Å²) in [4.78, 5) is 0. The van der Waals surface area contributed by atoms with E-state index in [1.165, 1.54) is 12.1 Å². The molecule has 1 aliphatic heterocycles. The first kappa shape index (κ1) is 18.1. The normalized spacial score (nSPS) is 31.1. The van der Waals surface area contributed by atoms with Gasteiger partial charge < -0.3 is 29.0 Å². The van der Waals surface area contributed by atoms with Gasteiger partial charge in [0, 0.05) is 34.1 Å². The first-order chi connectivity index (χ1) is 11.1. The molecule has 1 fully saturated rings. The second kappa shape index (κ2) is 8.56. The quantitative estimate of drug-likeness (QED) is 0.821. The molecule has 1 heterocycles. The van der Waals surface area contributed by atoms with Gasteiger partial charge in [-0.2, -0.15) is 0 Å². The molecule has 0 unspecified atom stereocenters. The van der Waals surface area contributed by atoms with Crippen molar-refractivity contribution in [1.82, 2.24) is 0 Å². The molecule has 1 aromatic carbocycles. The van der Waals surface area contributed by atoms with Crippen molar-refractivity contribution < 1.29 is 28.1 Å². The van der Waals surface area contributed by atoms with Crippen molar-refractivity contribution in [3.63, 3.8) is 0 Å². The van der Waals surface area contributed by atoms with Crippen LogP contribution >= 0.6 is 0 Å². The Bertz CT molecular complexity index is 472. The first-order valence-electron chi connectivity index (χ1n) is 7.39. The van der Waals surface area contributed by atoms with E-state index >= 15 is 0 Å². The van der Waals surface area contributed by atoms with Crippen LogP contribution in [0.2, 0.25) is 0 Å². The number of methoxy groups -OCH3 is 4. The minimum atomic E-state index is -0.484. The highest BCUT2D eigenvalue weighted by atomic mass is 19.1. The highest BCUT2D eigenvalue weighted by molar-refractivity contribution is 5.43. The van der Waals surface area contributed by atoms with E-state index < -0.39 is 12.3 Å². The van der Waals surface area contributed by atoms with Crippen molar-refractivity contribution in [3.8, 4) is 0 Å². The van der Waals surface area contributed by atoms with Crippen LogP contribution in [0.4, 0.5) is 10.1 Å². The number of ether oxygens (including phenoxy) is 5. The molecule has 7 heteroatoms. The minimum Gasteiger partial charge on any atom is -0.382 e. The van der Waals surface area contributed by atoms with Gasteiger partial charge in [-0.3, -0.25) is 0 Å². The largest absolute Gasteiger partial charge is 0.382 e. The van der Waals surface area contributed by atoms with E-state index in [4.69, 9.17) is 23.7 Å². The molecule has 130 valence electrons. The molecule has 1 N–H and O–H groups in total. The predicted octanol–water partition coefficient (Wildman–Crippen LogP) is 1.65. The van der Waals surface area contributed by atoms with Crippen LogP contribution in [0.15, 0.2) is 24.3 Å². The monoisotopic (exact) mass is 329 g/mol. The summed E-state index contributed by atoms with van der Waals surface area (Å²) >= 11 is 0. The Hall–Kier alpha value is -1.25. The summed E-state index contributed by atoms with van der Waals surface area (Å²) in [6, 6.07) is 6.04. The van der Waals surface area contributed by atoms with Crippen molar-refractivity contribution in [3.05, 3.63) is 30.1 Å². The molecule has 1 saturated heterocycles. The van der Waals surface area contributed by atoms with E-state index in [-0.39, 0.29) is 24.1 Å². The molecule has 2 rings (SSSR count). The van der Waals surface area contributed by atoms with Crippen LogP contribution in [0.25, 0.3) is 0 Å². The van der Waals surface area contributed by atoms with Crippen LogP contribution in [0.3, 0.4) is 0 Å². The Labute approximate surface area is 135 Å². The summed E-state index contributed by atoms with van der Waals surface area (Å²) in [7, 11) is 6.39. The lowest BCUT2D eigenvalue weighted by atomic mass is 9.97. The van der Waals surface area contributed by atoms with Gasteiger partial charge in [-0.15, -0.1) is 0 Å². The lowest BCUT2D eigenvalue weighted by Gasteiger charge is -2.45. The van der Waals surface area contributed by atoms with E-state index in [2.05, 4.69) is 5.32 Å². The zero-order valence-electron chi connectivity index (χ0n) is 13.8. The van der Waals surface area contributed by atoms with E-state index in [9.17, 15) is 4.39 Å². The average Bonchev–Trinajstić information content (AvgIpc) is 2.56. The predicted molar refractivity (Wildman–Crippen MR) is 83.0 cm³/mol.